The molecule has 17 heavy (non-hydrogen) atoms. The van der Waals surface area contributed by atoms with Gasteiger partial charge in [0.2, 0.25) is 0 Å². The van der Waals surface area contributed by atoms with Crippen molar-refractivity contribution < 1.29 is 19.6 Å². The highest BCUT2D eigenvalue weighted by atomic mass is 16.6. The molecule has 2 rings (SSSR count). The van der Waals surface area contributed by atoms with Gasteiger partial charge in [-0.25, -0.2) is 4.79 Å². The second-order valence-corrected chi connectivity index (χ2v) is 3.93. The molecule has 6 nitrogen and oxygen atoms in total. The molecule has 1 fully saturated rings. The third-order valence-corrected chi connectivity index (χ3v) is 2.62. The van der Waals surface area contributed by atoms with Crippen LogP contribution in [0.2, 0.25) is 0 Å². The standard InChI is InChI=1S/C10H13BN2O4/c14-10(17-8-2-1-3-8)13-7-4-5-12-9(6-7)11(15)16/h4-6,8,15-16H,1-3H2,(H,12,13,14). The van der Waals surface area contributed by atoms with Gasteiger partial charge in [-0.15, -0.1) is 0 Å². The van der Waals surface area contributed by atoms with Gasteiger partial charge in [-0.2, -0.15) is 0 Å². The Hall–Kier alpha value is -1.60. The van der Waals surface area contributed by atoms with Gasteiger partial charge in [0, 0.05) is 11.9 Å². The first-order chi connectivity index (χ1) is 8.15. The lowest BCUT2D eigenvalue weighted by Crippen LogP contribution is -2.33. The number of aromatic nitrogens is 1. The maximum absolute atomic E-state index is 11.4. The van der Waals surface area contributed by atoms with Crippen LogP contribution >= 0.6 is 0 Å². The lowest BCUT2D eigenvalue weighted by molar-refractivity contribution is 0.0624. The number of hydrogen-bond acceptors (Lipinski definition) is 5. The second-order valence-electron chi connectivity index (χ2n) is 3.93. The molecule has 1 amide bonds. The molecule has 0 unspecified atom stereocenters. The first-order valence-electron chi connectivity index (χ1n) is 5.45. The average Bonchev–Trinajstić information content (AvgIpc) is 2.24. The van der Waals surface area contributed by atoms with E-state index in [1.54, 1.807) is 6.07 Å². The van der Waals surface area contributed by atoms with Gasteiger partial charge in [0.25, 0.3) is 0 Å². The summed E-state index contributed by atoms with van der Waals surface area (Å²) in [5.74, 6) is 0. The number of nitrogens with one attached hydrogen (secondary N) is 1. The van der Waals surface area contributed by atoms with Crippen molar-refractivity contribution in [3.05, 3.63) is 18.3 Å². The highest BCUT2D eigenvalue weighted by Gasteiger charge is 2.22. The second kappa shape index (κ2) is 5.16. The fourth-order valence-electron chi connectivity index (χ4n) is 1.45. The lowest BCUT2D eigenvalue weighted by Gasteiger charge is -2.25. The van der Waals surface area contributed by atoms with Crippen LogP contribution in [0.5, 0.6) is 0 Å². The molecule has 1 aliphatic carbocycles. The van der Waals surface area contributed by atoms with E-state index in [0.29, 0.717) is 5.69 Å². The van der Waals surface area contributed by atoms with Crippen LogP contribution in [0.3, 0.4) is 0 Å². The smallest absolute Gasteiger partial charge is 0.446 e. The van der Waals surface area contributed by atoms with Crippen molar-refractivity contribution in [1.29, 1.82) is 0 Å². The molecule has 0 bridgehead atoms. The zero-order valence-corrected chi connectivity index (χ0v) is 9.17. The Bertz CT molecular complexity index is 409. The van der Waals surface area contributed by atoms with Crippen LogP contribution in [0.1, 0.15) is 19.3 Å². The maximum Gasteiger partial charge on any atom is 0.508 e. The molecule has 3 N–H and O–H groups in total. The van der Waals surface area contributed by atoms with Gasteiger partial charge in [-0.1, -0.05) is 0 Å². The number of carbonyl (C=O) groups excluding carboxylic acids is 1. The van der Waals surface area contributed by atoms with E-state index in [0.717, 1.165) is 19.3 Å². The molecule has 1 heterocycles. The minimum Gasteiger partial charge on any atom is -0.446 e. The Balaban J connectivity index is 1.92. The van der Waals surface area contributed by atoms with Gasteiger partial charge in [-0.3, -0.25) is 10.3 Å². The van der Waals surface area contributed by atoms with E-state index in [4.69, 9.17) is 14.8 Å². The zero-order chi connectivity index (χ0) is 12.3. The monoisotopic (exact) mass is 236 g/mol. The van der Waals surface area contributed by atoms with Gasteiger partial charge >= 0.3 is 13.2 Å². The fraction of sp³-hybridized carbons (Fsp3) is 0.400. The molecule has 1 aromatic rings. The largest absolute Gasteiger partial charge is 0.508 e. The zero-order valence-electron chi connectivity index (χ0n) is 9.17. The van der Waals surface area contributed by atoms with Crippen molar-refractivity contribution in [2.24, 2.45) is 0 Å². The average molecular weight is 236 g/mol. The van der Waals surface area contributed by atoms with Crippen LogP contribution in [0.25, 0.3) is 0 Å². The van der Waals surface area contributed by atoms with Crippen LogP contribution in [0, 0.1) is 0 Å². The highest BCUT2D eigenvalue weighted by molar-refractivity contribution is 6.57. The Kier molecular flexibility index (Phi) is 3.60. The molecule has 90 valence electrons. The number of anilines is 1. The Morgan fingerprint density at radius 3 is 2.88 bits per heavy atom. The van der Waals surface area contributed by atoms with Gasteiger partial charge in [-0.05, 0) is 31.4 Å². The normalized spacial score (nSPS) is 14.9. The summed E-state index contributed by atoms with van der Waals surface area (Å²) in [4.78, 5) is 15.2. The summed E-state index contributed by atoms with van der Waals surface area (Å²) in [6, 6.07) is 2.93. The molecule has 1 aromatic heterocycles. The van der Waals surface area contributed by atoms with Crippen molar-refractivity contribution >= 4 is 24.5 Å². The molecule has 0 aromatic carbocycles. The van der Waals surface area contributed by atoms with Gasteiger partial charge < -0.3 is 14.8 Å². The number of pyridine rings is 1. The SMILES string of the molecule is O=C(Nc1ccnc(B(O)O)c1)OC1CCC1. The summed E-state index contributed by atoms with van der Waals surface area (Å²) in [6.07, 6.45) is 3.77. The van der Waals surface area contributed by atoms with E-state index in [2.05, 4.69) is 10.3 Å². The number of carbonyl (C=O) groups is 1. The number of hydrogen-bond donors (Lipinski definition) is 3. The molecule has 0 atom stereocenters. The predicted molar refractivity (Wildman–Crippen MR) is 61.8 cm³/mol. The van der Waals surface area contributed by atoms with E-state index in [1.165, 1.54) is 12.3 Å². The van der Waals surface area contributed by atoms with Crippen LogP contribution < -0.4 is 10.9 Å². The summed E-state index contributed by atoms with van der Waals surface area (Å²) in [5, 5.41) is 20.4. The first kappa shape index (κ1) is 11.9. The van der Waals surface area contributed by atoms with E-state index in [-0.39, 0.29) is 11.7 Å². The molecule has 0 aliphatic heterocycles. The maximum atomic E-state index is 11.4. The van der Waals surface area contributed by atoms with Crippen molar-refractivity contribution in [1.82, 2.24) is 4.98 Å². The molecule has 0 saturated heterocycles. The number of ether oxygens (including phenoxy) is 1. The van der Waals surface area contributed by atoms with Crippen LogP contribution in [-0.4, -0.2) is 34.3 Å². The first-order valence-corrected chi connectivity index (χ1v) is 5.45. The topological polar surface area (TPSA) is 91.7 Å². The van der Waals surface area contributed by atoms with E-state index in [9.17, 15) is 4.79 Å². The van der Waals surface area contributed by atoms with Crippen LogP contribution in [0.15, 0.2) is 18.3 Å². The Labute approximate surface area is 98.8 Å². The molecule has 0 radical (unpaired) electrons. The van der Waals surface area contributed by atoms with E-state index in [1.807, 2.05) is 0 Å². The molecule has 7 heteroatoms. The number of rotatable bonds is 3. The summed E-state index contributed by atoms with van der Waals surface area (Å²) < 4.78 is 5.10. The summed E-state index contributed by atoms with van der Waals surface area (Å²) in [5.41, 5.74) is 0.499. The van der Waals surface area contributed by atoms with Crippen LogP contribution in [-0.2, 0) is 4.74 Å². The molecule has 0 spiro atoms. The lowest BCUT2D eigenvalue weighted by atomic mass is 9.85. The molecular formula is C10H13BN2O4. The van der Waals surface area contributed by atoms with Crippen molar-refractivity contribution in [2.75, 3.05) is 5.32 Å². The van der Waals surface area contributed by atoms with E-state index >= 15 is 0 Å². The van der Waals surface area contributed by atoms with Gasteiger partial charge in [0.05, 0.1) is 5.59 Å². The molecule has 1 saturated carbocycles. The molecule has 1 aliphatic rings. The van der Waals surface area contributed by atoms with Crippen molar-refractivity contribution in [3.63, 3.8) is 0 Å². The predicted octanol–water partition coefficient (Wildman–Crippen LogP) is -0.138. The third-order valence-electron chi connectivity index (χ3n) is 2.62. The number of amides is 1. The van der Waals surface area contributed by atoms with Crippen LogP contribution in [0.4, 0.5) is 10.5 Å². The highest BCUT2D eigenvalue weighted by Crippen LogP contribution is 2.22. The van der Waals surface area contributed by atoms with Crippen molar-refractivity contribution in [2.45, 2.75) is 25.4 Å². The Morgan fingerprint density at radius 1 is 1.53 bits per heavy atom. The molecular weight excluding hydrogens is 223 g/mol. The summed E-state index contributed by atoms with van der Waals surface area (Å²) in [6.45, 7) is 0. The minimum atomic E-state index is -1.65. The fourth-order valence-corrected chi connectivity index (χ4v) is 1.45. The van der Waals surface area contributed by atoms with Crippen molar-refractivity contribution in [3.8, 4) is 0 Å². The van der Waals surface area contributed by atoms with Gasteiger partial charge in [0.15, 0.2) is 0 Å². The quantitative estimate of drug-likeness (QED) is 0.635. The third kappa shape index (κ3) is 3.18. The van der Waals surface area contributed by atoms with E-state index < -0.39 is 13.2 Å². The summed E-state index contributed by atoms with van der Waals surface area (Å²) >= 11 is 0. The number of nitrogens with zero attached hydrogens (tertiary/aromatic N) is 1. The summed E-state index contributed by atoms with van der Waals surface area (Å²) in [7, 11) is -1.65. The van der Waals surface area contributed by atoms with Gasteiger partial charge in [0.1, 0.15) is 6.10 Å². The minimum absolute atomic E-state index is 0.0136. The Morgan fingerprint density at radius 2 is 2.29 bits per heavy atom.